The lowest BCUT2D eigenvalue weighted by molar-refractivity contribution is 0.619. The molecule has 82 valence electrons. The summed E-state index contributed by atoms with van der Waals surface area (Å²) in [7, 11) is 0. The van der Waals surface area contributed by atoms with Gasteiger partial charge in [-0.15, -0.1) is 0 Å². The number of benzene rings is 2. The highest BCUT2D eigenvalue weighted by Crippen LogP contribution is 2.27. The largest absolute Gasteiger partial charge is 0.399 e. The van der Waals surface area contributed by atoms with E-state index in [0.29, 0.717) is 16.7 Å². The average molecular weight is 219 g/mol. The average Bonchev–Trinajstić information content (AvgIpc) is 2.20. The van der Waals surface area contributed by atoms with Gasteiger partial charge >= 0.3 is 0 Å². The molecule has 2 aromatic carbocycles. The summed E-state index contributed by atoms with van der Waals surface area (Å²) in [5.41, 5.74) is 7.16. The van der Waals surface area contributed by atoms with Crippen molar-refractivity contribution in [2.45, 2.75) is 6.92 Å². The van der Waals surface area contributed by atoms with Crippen molar-refractivity contribution in [3.05, 3.63) is 53.6 Å². The van der Waals surface area contributed by atoms with E-state index in [-0.39, 0.29) is 11.5 Å². The van der Waals surface area contributed by atoms with Crippen molar-refractivity contribution in [3.8, 4) is 11.1 Å². The van der Waals surface area contributed by atoms with Crippen LogP contribution in [0.2, 0.25) is 0 Å². The van der Waals surface area contributed by atoms with Crippen molar-refractivity contribution in [1.29, 1.82) is 0 Å². The second-order valence-electron chi connectivity index (χ2n) is 3.71. The maximum Gasteiger partial charge on any atom is 0.133 e. The van der Waals surface area contributed by atoms with Gasteiger partial charge in [0.05, 0.1) is 0 Å². The lowest BCUT2D eigenvalue weighted by atomic mass is 10.0. The highest BCUT2D eigenvalue weighted by molar-refractivity contribution is 5.68. The van der Waals surface area contributed by atoms with Crippen LogP contribution in [0.4, 0.5) is 14.5 Å². The Morgan fingerprint density at radius 2 is 1.81 bits per heavy atom. The van der Waals surface area contributed by atoms with Gasteiger partial charge in [-0.2, -0.15) is 0 Å². The fourth-order valence-corrected chi connectivity index (χ4v) is 1.64. The van der Waals surface area contributed by atoms with Gasteiger partial charge in [0.1, 0.15) is 11.6 Å². The normalized spacial score (nSPS) is 10.4. The van der Waals surface area contributed by atoms with Crippen LogP contribution in [0.15, 0.2) is 36.4 Å². The van der Waals surface area contributed by atoms with Crippen molar-refractivity contribution in [2.24, 2.45) is 0 Å². The Hall–Kier alpha value is -1.90. The minimum Gasteiger partial charge on any atom is -0.399 e. The molecule has 0 fully saturated rings. The van der Waals surface area contributed by atoms with Crippen LogP contribution < -0.4 is 5.73 Å². The maximum absolute atomic E-state index is 13.8. The Kier molecular flexibility index (Phi) is 2.60. The fourth-order valence-electron chi connectivity index (χ4n) is 1.64. The second-order valence-corrected chi connectivity index (χ2v) is 3.71. The van der Waals surface area contributed by atoms with Gasteiger partial charge in [0.15, 0.2) is 0 Å². The lowest BCUT2D eigenvalue weighted by Crippen LogP contribution is -1.92. The zero-order chi connectivity index (χ0) is 11.7. The molecule has 0 aromatic heterocycles. The fraction of sp³-hybridized carbons (Fsp3) is 0.0769. The van der Waals surface area contributed by atoms with E-state index in [2.05, 4.69) is 0 Å². The molecule has 0 bridgehead atoms. The zero-order valence-electron chi connectivity index (χ0n) is 8.80. The van der Waals surface area contributed by atoms with Crippen LogP contribution >= 0.6 is 0 Å². The van der Waals surface area contributed by atoms with Crippen LogP contribution in [0, 0.1) is 18.6 Å². The van der Waals surface area contributed by atoms with E-state index in [4.69, 9.17) is 5.73 Å². The first-order valence-electron chi connectivity index (χ1n) is 4.89. The molecule has 0 aliphatic carbocycles. The van der Waals surface area contributed by atoms with E-state index in [1.807, 2.05) is 0 Å². The molecule has 0 aliphatic heterocycles. The molecule has 2 rings (SSSR count). The lowest BCUT2D eigenvalue weighted by Gasteiger charge is -2.06. The molecule has 2 N–H and O–H groups in total. The molecule has 0 saturated heterocycles. The smallest absolute Gasteiger partial charge is 0.133 e. The molecule has 2 aromatic rings. The number of halogens is 2. The molecular formula is C13H11F2N. The van der Waals surface area contributed by atoms with E-state index in [9.17, 15) is 8.78 Å². The van der Waals surface area contributed by atoms with Crippen LogP contribution in [0.1, 0.15) is 5.56 Å². The molecule has 0 saturated carbocycles. The summed E-state index contributed by atoms with van der Waals surface area (Å²) in [5, 5.41) is 0. The standard InChI is InChI=1S/C13H11F2N/c1-8-3-2-4-12(13(8)15)9-5-10(14)7-11(16)6-9/h2-7H,16H2,1H3. The van der Waals surface area contributed by atoms with E-state index in [1.54, 1.807) is 31.2 Å². The van der Waals surface area contributed by atoms with Gasteiger partial charge < -0.3 is 5.73 Å². The van der Waals surface area contributed by atoms with Gasteiger partial charge in [-0.25, -0.2) is 8.78 Å². The minimum absolute atomic E-state index is 0.288. The molecule has 0 unspecified atom stereocenters. The van der Waals surface area contributed by atoms with E-state index in [0.717, 1.165) is 0 Å². The highest BCUT2D eigenvalue weighted by atomic mass is 19.1. The van der Waals surface area contributed by atoms with Crippen LogP contribution in [-0.2, 0) is 0 Å². The molecule has 1 nitrogen and oxygen atoms in total. The van der Waals surface area contributed by atoms with Crippen molar-refractivity contribution in [1.82, 2.24) is 0 Å². The second kappa shape index (κ2) is 3.93. The first-order chi connectivity index (χ1) is 7.58. The van der Waals surface area contributed by atoms with Crippen LogP contribution in [0.25, 0.3) is 11.1 Å². The molecular weight excluding hydrogens is 208 g/mol. The Balaban J connectivity index is 2.63. The quantitative estimate of drug-likeness (QED) is 0.729. The van der Waals surface area contributed by atoms with Crippen molar-refractivity contribution >= 4 is 5.69 Å². The molecule has 0 radical (unpaired) electrons. The van der Waals surface area contributed by atoms with Gasteiger partial charge in [0.25, 0.3) is 0 Å². The summed E-state index contributed by atoms with van der Waals surface area (Å²) in [6.07, 6.45) is 0. The molecule has 16 heavy (non-hydrogen) atoms. The summed E-state index contributed by atoms with van der Waals surface area (Å²) < 4.78 is 26.9. The van der Waals surface area contributed by atoms with Crippen LogP contribution in [-0.4, -0.2) is 0 Å². The van der Waals surface area contributed by atoms with E-state index >= 15 is 0 Å². The number of nitrogen functional groups attached to an aromatic ring is 1. The molecule has 0 amide bonds. The van der Waals surface area contributed by atoms with Gasteiger partial charge in [-0.1, -0.05) is 18.2 Å². The number of aryl methyl sites for hydroxylation is 1. The van der Waals surface area contributed by atoms with Gasteiger partial charge in [0, 0.05) is 11.3 Å². The molecule has 3 heteroatoms. The minimum atomic E-state index is -0.462. The summed E-state index contributed by atoms with van der Waals surface area (Å²) in [6, 6.07) is 9.04. The number of rotatable bonds is 1. The number of anilines is 1. The Morgan fingerprint density at radius 1 is 1.06 bits per heavy atom. The van der Waals surface area contributed by atoms with Gasteiger partial charge in [-0.05, 0) is 36.2 Å². The third-order valence-electron chi connectivity index (χ3n) is 2.42. The van der Waals surface area contributed by atoms with Gasteiger partial charge in [0.2, 0.25) is 0 Å². The molecule has 0 aliphatic rings. The Bertz CT molecular complexity index is 515. The summed E-state index contributed by atoms with van der Waals surface area (Å²) in [6.45, 7) is 1.67. The number of hydrogen-bond donors (Lipinski definition) is 1. The van der Waals surface area contributed by atoms with E-state index < -0.39 is 5.82 Å². The molecule has 0 spiro atoms. The van der Waals surface area contributed by atoms with Gasteiger partial charge in [-0.3, -0.25) is 0 Å². The topological polar surface area (TPSA) is 26.0 Å². The van der Waals surface area contributed by atoms with Crippen molar-refractivity contribution in [3.63, 3.8) is 0 Å². The summed E-state index contributed by atoms with van der Waals surface area (Å²) >= 11 is 0. The number of hydrogen-bond acceptors (Lipinski definition) is 1. The molecule has 0 atom stereocenters. The SMILES string of the molecule is Cc1cccc(-c2cc(N)cc(F)c2)c1F. The van der Waals surface area contributed by atoms with E-state index in [1.165, 1.54) is 12.1 Å². The summed E-state index contributed by atoms with van der Waals surface area (Å²) in [4.78, 5) is 0. The Morgan fingerprint density at radius 3 is 2.50 bits per heavy atom. The molecule has 0 heterocycles. The van der Waals surface area contributed by atoms with Crippen molar-refractivity contribution < 1.29 is 8.78 Å². The third-order valence-corrected chi connectivity index (χ3v) is 2.42. The first-order valence-corrected chi connectivity index (χ1v) is 4.89. The summed E-state index contributed by atoms with van der Waals surface area (Å²) in [5.74, 6) is -0.802. The Labute approximate surface area is 92.5 Å². The van der Waals surface area contributed by atoms with Crippen LogP contribution in [0.5, 0.6) is 0 Å². The maximum atomic E-state index is 13.8. The number of nitrogens with two attached hydrogens (primary N) is 1. The van der Waals surface area contributed by atoms with Crippen LogP contribution in [0.3, 0.4) is 0 Å². The predicted octanol–water partition coefficient (Wildman–Crippen LogP) is 3.52. The zero-order valence-corrected chi connectivity index (χ0v) is 8.80. The first kappa shape index (κ1) is 10.6. The predicted molar refractivity (Wildman–Crippen MR) is 60.9 cm³/mol. The third kappa shape index (κ3) is 1.89. The van der Waals surface area contributed by atoms with Crippen molar-refractivity contribution in [2.75, 3.05) is 5.73 Å². The highest BCUT2D eigenvalue weighted by Gasteiger charge is 2.08. The monoisotopic (exact) mass is 219 g/mol.